The normalized spacial score (nSPS) is 24.4. The van der Waals surface area contributed by atoms with Gasteiger partial charge in [0.05, 0.1) is 7.11 Å². The molecule has 0 saturated carbocycles. The summed E-state index contributed by atoms with van der Waals surface area (Å²) in [6.07, 6.45) is -0.825. The van der Waals surface area contributed by atoms with Crippen molar-refractivity contribution in [1.82, 2.24) is 4.90 Å². The molecule has 0 aromatic carbocycles. The zero-order valence-corrected chi connectivity index (χ0v) is 10.7. The molecule has 0 N–H and O–H groups in total. The van der Waals surface area contributed by atoms with Crippen LogP contribution in [0.3, 0.4) is 0 Å². The number of ether oxygens (including phenoxy) is 2. The summed E-state index contributed by atoms with van der Waals surface area (Å²) in [7, 11) is 1.19. The maximum absolute atomic E-state index is 13.1. The van der Waals surface area contributed by atoms with Crippen LogP contribution >= 0.6 is 0 Å². The summed E-state index contributed by atoms with van der Waals surface area (Å²) >= 11 is 0. The van der Waals surface area contributed by atoms with Gasteiger partial charge in [0, 0.05) is 31.8 Å². The third-order valence-corrected chi connectivity index (χ3v) is 2.75. The molecule has 0 amide bonds. The highest BCUT2D eigenvalue weighted by Gasteiger charge is 2.28. The Morgan fingerprint density at radius 1 is 1.26 bits per heavy atom. The first-order valence-electron chi connectivity index (χ1n) is 5.96. The summed E-state index contributed by atoms with van der Waals surface area (Å²) in [6, 6.07) is 0. The molecular weight excluding hydrogens is 260 g/mol. The van der Waals surface area contributed by atoms with Crippen molar-refractivity contribution in [3.63, 3.8) is 0 Å². The SMILES string of the molecule is COC(=O)/C=C/C(=O)OCCN1CCC(F)C(F)C1. The molecule has 0 aliphatic carbocycles. The van der Waals surface area contributed by atoms with E-state index in [0.717, 1.165) is 12.2 Å². The van der Waals surface area contributed by atoms with E-state index in [1.54, 1.807) is 4.90 Å². The van der Waals surface area contributed by atoms with E-state index in [0.29, 0.717) is 13.1 Å². The lowest BCUT2D eigenvalue weighted by Crippen LogP contribution is -2.44. The number of rotatable bonds is 5. The summed E-state index contributed by atoms with van der Waals surface area (Å²) in [6.45, 7) is 0.854. The van der Waals surface area contributed by atoms with Crippen molar-refractivity contribution < 1.29 is 27.8 Å². The molecule has 5 nitrogen and oxygen atoms in total. The molecule has 7 heteroatoms. The number of carbonyl (C=O) groups excluding carboxylic acids is 2. The third kappa shape index (κ3) is 5.78. The van der Waals surface area contributed by atoms with E-state index in [4.69, 9.17) is 4.74 Å². The Morgan fingerprint density at radius 2 is 1.95 bits per heavy atom. The van der Waals surface area contributed by atoms with E-state index in [1.807, 2.05) is 0 Å². The van der Waals surface area contributed by atoms with Crippen LogP contribution in [0.25, 0.3) is 0 Å². The average Bonchev–Trinajstić information content (AvgIpc) is 2.40. The average molecular weight is 277 g/mol. The van der Waals surface area contributed by atoms with Crippen LogP contribution in [0, 0.1) is 0 Å². The number of piperidine rings is 1. The molecule has 0 radical (unpaired) electrons. The molecule has 19 heavy (non-hydrogen) atoms. The maximum Gasteiger partial charge on any atom is 0.331 e. The van der Waals surface area contributed by atoms with Crippen molar-refractivity contribution in [2.75, 3.05) is 33.4 Å². The lowest BCUT2D eigenvalue weighted by atomic mass is 10.1. The van der Waals surface area contributed by atoms with Crippen molar-refractivity contribution in [3.8, 4) is 0 Å². The predicted octanol–water partition coefficient (Wildman–Crippen LogP) is 0.641. The Kier molecular flexibility index (Phi) is 6.41. The predicted molar refractivity (Wildman–Crippen MR) is 63.0 cm³/mol. The minimum absolute atomic E-state index is 0.0106. The minimum Gasteiger partial charge on any atom is -0.466 e. The second-order valence-electron chi connectivity index (χ2n) is 4.15. The number of halogens is 2. The van der Waals surface area contributed by atoms with Gasteiger partial charge >= 0.3 is 11.9 Å². The largest absolute Gasteiger partial charge is 0.466 e. The second kappa shape index (κ2) is 7.83. The maximum atomic E-state index is 13.1. The summed E-state index contributed by atoms with van der Waals surface area (Å²) in [4.78, 5) is 23.5. The molecule has 0 aromatic heterocycles. The summed E-state index contributed by atoms with van der Waals surface area (Å²) in [5.74, 6) is -1.33. The molecule has 2 unspecified atom stereocenters. The highest BCUT2D eigenvalue weighted by Crippen LogP contribution is 2.16. The van der Waals surface area contributed by atoms with Crippen molar-refractivity contribution >= 4 is 11.9 Å². The van der Waals surface area contributed by atoms with Crippen LogP contribution in [0.1, 0.15) is 6.42 Å². The van der Waals surface area contributed by atoms with E-state index >= 15 is 0 Å². The van der Waals surface area contributed by atoms with Gasteiger partial charge in [0.1, 0.15) is 19.0 Å². The zero-order chi connectivity index (χ0) is 14.3. The lowest BCUT2D eigenvalue weighted by molar-refractivity contribution is -0.139. The number of hydrogen-bond donors (Lipinski definition) is 0. The zero-order valence-electron chi connectivity index (χ0n) is 10.7. The van der Waals surface area contributed by atoms with Gasteiger partial charge in [-0.15, -0.1) is 0 Å². The molecule has 1 aliphatic heterocycles. The van der Waals surface area contributed by atoms with Crippen molar-refractivity contribution in [2.45, 2.75) is 18.8 Å². The smallest absolute Gasteiger partial charge is 0.331 e. The molecular formula is C12H17F2NO4. The monoisotopic (exact) mass is 277 g/mol. The number of alkyl halides is 2. The van der Waals surface area contributed by atoms with Crippen LogP contribution in [0.2, 0.25) is 0 Å². The van der Waals surface area contributed by atoms with Gasteiger partial charge in [0.2, 0.25) is 0 Å². The fourth-order valence-electron chi connectivity index (χ4n) is 1.67. The van der Waals surface area contributed by atoms with Crippen LogP contribution in [0.4, 0.5) is 8.78 Å². The standard InChI is InChI=1S/C12H17F2NO4/c1-18-11(16)2-3-12(17)19-7-6-15-5-4-9(13)10(14)8-15/h2-3,9-10H,4-8H2,1H3/b3-2+. The number of likely N-dealkylation sites (tertiary alicyclic amines) is 1. The third-order valence-electron chi connectivity index (χ3n) is 2.75. The highest BCUT2D eigenvalue weighted by molar-refractivity contribution is 5.91. The Morgan fingerprint density at radius 3 is 2.58 bits per heavy atom. The molecule has 0 spiro atoms. The van der Waals surface area contributed by atoms with Gasteiger partial charge in [-0.1, -0.05) is 0 Å². The number of methoxy groups -OCH3 is 1. The Balaban J connectivity index is 2.18. The first kappa shape index (κ1) is 15.6. The van der Waals surface area contributed by atoms with E-state index in [1.165, 1.54) is 7.11 Å². The topological polar surface area (TPSA) is 55.8 Å². The number of esters is 2. The molecule has 1 fully saturated rings. The van der Waals surface area contributed by atoms with Crippen molar-refractivity contribution in [2.24, 2.45) is 0 Å². The van der Waals surface area contributed by atoms with E-state index < -0.39 is 24.3 Å². The summed E-state index contributed by atoms with van der Waals surface area (Å²) in [5.41, 5.74) is 0. The Hall–Kier alpha value is -1.50. The molecule has 0 aromatic rings. The van der Waals surface area contributed by atoms with Gasteiger partial charge in [0.25, 0.3) is 0 Å². The lowest BCUT2D eigenvalue weighted by Gasteiger charge is -2.30. The summed E-state index contributed by atoms with van der Waals surface area (Å²) in [5, 5.41) is 0. The van der Waals surface area contributed by atoms with Crippen LogP contribution < -0.4 is 0 Å². The quantitative estimate of drug-likeness (QED) is 0.545. The Labute approximate surface area is 110 Å². The van der Waals surface area contributed by atoms with Crippen LogP contribution in [0.5, 0.6) is 0 Å². The van der Waals surface area contributed by atoms with E-state index in [-0.39, 0.29) is 19.6 Å². The van der Waals surface area contributed by atoms with E-state index in [2.05, 4.69) is 4.74 Å². The van der Waals surface area contributed by atoms with Gasteiger partial charge in [-0.25, -0.2) is 18.4 Å². The van der Waals surface area contributed by atoms with Gasteiger partial charge in [-0.05, 0) is 6.42 Å². The molecule has 1 saturated heterocycles. The van der Waals surface area contributed by atoms with Gasteiger partial charge in [0.15, 0.2) is 0 Å². The first-order valence-corrected chi connectivity index (χ1v) is 5.96. The molecule has 1 heterocycles. The first-order chi connectivity index (χ1) is 9.02. The minimum atomic E-state index is -1.48. The number of hydrogen-bond acceptors (Lipinski definition) is 5. The second-order valence-corrected chi connectivity index (χ2v) is 4.15. The molecule has 0 bridgehead atoms. The van der Waals surface area contributed by atoms with Crippen molar-refractivity contribution in [1.29, 1.82) is 0 Å². The van der Waals surface area contributed by atoms with Crippen LogP contribution in [-0.2, 0) is 19.1 Å². The number of nitrogens with zero attached hydrogens (tertiary/aromatic N) is 1. The molecule has 2 atom stereocenters. The number of carbonyl (C=O) groups is 2. The van der Waals surface area contributed by atoms with E-state index in [9.17, 15) is 18.4 Å². The Bertz CT molecular complexity index is 349. The fourth-order valence-corrected chi connectivity index (χ4v) is 1.67. The molecule has 1 aliphatic rings. The highest BCUT2D eigenvalue weighted by atomic mass is 19.2. The molecule has 1 rings (SSSR count). The van der Waals surface area contributed by atoms with Gasteiger partial charge in [-0.2, -0.15) is 0 Å². The van der Waals surface area contributed by atoms with Gasteiger partial charge in [-0.3, -0.25) is 4.90 Å². The van der Waals surface area contributed by atoms with Crippen molar-refractivity contribution in [3.05, 3.63) is 12.2 Å². The summed E-state index contributed by atoms with van der Waals surface area (Å²) < 4.78 is 35.1. The van der Waals surface area contributed by atoms with Crippen LogP contribution in [-0.4, -0.2) is 62.5 Å². The fraction of sp³-hybridized carbons (Fsp3) is 0.667. The van der Waals surface area contributed by atoms with Crippen LogP contribution in [0.15, 0.2) is 12.2 Å². The van der Waals surface area contributed by atoms with Gasteiger partial charge < -0.3 is 9.47 Å². The molecule has 108 valence electrons.